The zero-order chi connectivity index (χ0) is 27.4. The van der Waals surface area contributed by atoms with Crippen molar-refractivity contribution in [2.45, 2.75) is 31.7 Å². The maximum absolute atomic E-state index is 13.4. The van der Waals surface area contributed by atoms with Crippen LogP contribution in [0.2, 0.25) is 5.02 Å². The zero-order valence-electron chi connectivity index (χ0n) is 21.7. The van der Waals surface area contributed by atoms with E-state index in [9.17, 15) is 14.4 Å². The van der Waals surface area contributed by atoms with Crippen LogP contribution in [0.25, 0.3) is 11.3 Å². The molecule has 1 saturated heterocycles. The molecule has 2 aliphatic rings. The number of hydrogen-bond donors (Lipinski definition) is 2. The molecule has 39 heavy (non-hydrogen) atoms. The minimum Gasteiger partial charge on any atom is -0.469 e. The van der Waals surface area contributed by atoms with Gasteiger partial charge < -0.3 is 24.8 Å². The fourth-order valence-corrected chi connectivity index (χ4v) is 5.17. The third kappa shape index (κ3) is 6.15. The Morgan fingerprint density at radius 1 is 1.15 bits per heavy atom. The molecule has 2 N–H and O–H groups in total. The van der Waals surface area contributed by atoms with Gasteiger partial charge in [0.15, 0.2) is 0 Å². The molecule has 0 saturated carbocycles. The number of anilines is 2. The van der Waals surface area contributed by atoms with Crippen LogP contribution in [-0.2, 0) is 25.5 Å². The number of fused-ring (bicyclic) bond motifs is 4. The van der Waals surface area contributed by atoms with Crippen molar-refractivity contribution < 1.29 is 19.1 Å². The first-order valence-corrected chi connectivity index (χ1v) is 13.3. The number of imidazole rings is 1. The predicted molar refractivity (Wildman–Crippen MR) is 149 cm³/mol. The van der Waals surface area contributed by atoms with Crippen molar-refractivity contribution in [2.75, 3.05) is 37.0 Å². The molecule has 1 aromatic heterocycles. The number of carbonyl (C=O) groups is 3. The van der Waals surface area contributed by atoms with Gasteiger partial charge >= 0.3 is 5.97 Å². The number of H-pyrrole nitrogens is 1. The lowest BCUT2D eigenvalue weighted by atomic mass is 10.0. The van der Waals surface area contributed by atoms with Crippen molar-refractivity contribution in [3.63, 3.8) is 0 Å². The largest absolute Gasteiger partial charge is 0.469 e. The van der Waals surface area contributed by atoms with Gasteiger partial charge in [-0.25, -0.2) is 4.98 Å². The van der Waals surface area contributed by atoms with Crippen molar-refractivity contribution in [1.29, 1.82) is 0 Å². The summed E-state index contributed by atoms with van der Waals surface area (Å²) in [4.78, 5) is 49.9. The summed E-state index contributed by atoms with van der Waals surface area (Å²) in [6, 6.07) is 12.7. The molecule has 2 amide bonds. The summed E-state index contributed by atoms with van der Waals surface area (Å²) < 4.78 is 4.79. The van der Waals surface area contributed by atoms with Gasteiger partial charge in [-0.1, -0.05) is 42.0 Å². The number of allylic oxidation sites excluding steroid dienone is 1. The standard InChI is InChI=1S/C29H30ClN5O4/c1-39-28(38)15-19-10-11-22-23(14-19)32-26(36)9-4-2-3-8-25(29-31-17-24(22)33-29)35-13-12-34(18-27(35)37)21-7-5-6-20(30)16-21/h2-3,5-7,10-11,14,16-17,25H,4,8-9,12-13,15,18H2,1H3,(H,31,33)(H,32,36)/b3-2+/t25-/m0/s1. The summed E-state index contributed by atoms with van der Waals surface area (Å²) in [5, 5.41) is 3.62. The summed E-state index contributed by atoms with van der Waals surface area (Å²) in [7, 11) is 1.35. The lowest BCUT2D eigenvalue weighted by Crippen LogP contribution is -2.51. The fourth-order valence-electron chi connectivity index (χ4n) is 4.99. The van der Waals surface area contributed by atoms with Crippen LogP contribution in [0, 0.1) is 0 Å². The van der Waals surface area contributed by atoms with Gasteiger partial charge in [-0.05, 0) is 42.7 Å². The smallest absolute Gasteiger partial charge is 0.309 e. The molecule has 0 spiro atoms. The first-order chi connectivity index (χ1) is 18.9. The van der Waals surface area contributed by atoms with E-state index < -0.39 is 0 Å². The minimum absolute atomic E-state index is 0.00610. The number of hydrogen-bond acceptors (Lipinski definition) is 6. The molecular weight excluding hydrogens is 518 g/mol. The number of piperazine rings is 1. The Morgan fingerprint density at radius 3 is 2.82 bits per heavy atom. The van der Waals surface area contributed by atoms with Crippen LogP contribution in [0.5, 0.6) is 0 Å². The second-order valence-electron chi connectivity index (χ2n) is 9.61. The Hall–Kier alpha value is -4.11. The van der Waals surface area contributed by atoms with E-state index in [0.29, 0.717) is 54.6 Å². The molecule has 3 heterocycles. The molecule has 1 atom stereocenters. The van der Waals surface area contributed by atoms with Crippen molar-refractivity contribution in [2.24, 2.45) is 0 Å². The van der Waals surface area contributed by atoms with Gasteiger partial charge in [-0.3, -0.25) is 14.4 Å². The number of ether oxygens (including phenoxy) is 1. The number of nitrogens with zero attached hydrogens (tertiary/aromatic N) is 3. The van der Waals surface area contributed by atoms with Gasteiger partial charge in [-0.15, -0.1) is 0 Å². The van der Waals surface area contributed by atoms with E-state index in [1.54, 1.807) is 12.3 Å². The zero-order valence-corrected chi connectivity index (χ0v) is 22.4. The number of aromatic amines is 1. The molecule has 2 aromatic carbocycles. The molecule has 0 unspecified atom stereocenters. The van der Waals surface area contributed by atoms with Crippen LogP contribution in [0.3, 0.4) is 0 Å². The number of benzene rings is 2. The van der Waals surface area contributed by atoms with Gasteiger partial charge in [-0.2, -0.15) is 0 Å². The highest BCUT2D eigenvalue weighted by molar-refractivity contribution is 6.30. The summed E-state index contributed by atoms with van der Waals surface area (Å²) in [6.45, 7) is 1.45. The topological polar surface area (TPSA) is 108 Å². The van der Waals surface area contributed by atoms with Crippen LogP contribution in [0.4, 0.5) is 11.4 Å². The lowest BCUT2D eigenvalue weighted by molar-refractivity contribution is -0.139. The van der Waals surface area contributed by atoms with E-state index in [0.717, 1.165) is 16.8 Å². The van der Waals surface area contributed by atoms with E-state index in [1.165, 1.54) is 7.11 Å². The number of nitrogens with one attached hydrogen (secondary N) is 2. The Balaban J connectivity index is 1.43. The number of aromatic nitrogens is 2. The van der Waals surface area contributed by atoms with Crippen molar-refractivity contribution in [3.05, 3.63) is 77.2 Å². The van der Waals surface area contributed by atoms with Gasteiger partial charge in [0.2, 0.25) is 11.8 Å². The second-order valence-corrected chi connectivity index (χ2v) is 10.0. The third-order valence-electron chi connectivity index (χ3n) is 7.01. The molecular formula is C29H30ClN5O4. The van der Waals surface area contributed by atoms with E-state index in [4.69, 9.17) is 16.3 Å². The molecule has 0 aliphatic carbocycles. The first-order valence-electron chi connectivity index (χ1n) is 12.9. The van der Waals surface area contributed by atoms with Crippen LogP contribution in [-0.4, -0.2) is 59.4 Å². The highest BCUT2D eigenvalue weighted by atomic mass is 35.5. The van der Waals surface area contributed by atoms with Crippen LogP contribution in [0.15, 0.2) is 60.8 Å². The maximum atomic E-state index is 13.4. The molecule has 10 heteroatoms. The normalized spacial score (nSPS) is 18.8. The highest BCUT2D eigenvalue weighted by Gasteiger charge is 2.32. The van der Waals surface area contributed by atoms with E-state index in [1.807, 2.05) is 58.4 Å². The molecule has 3 aromatic rings. The molecule has 2 bridgehead atoms. The maximum Gasteiger partial charge on any atom is 0.309 e. The van der Waals surface area contributed by atoms with Crippen molar-refractivity contribution in [1.82, 2.24) is 14.9 Å². The Kier molecular flexibility index (Phi) is 7.97. The van der Waals surface area contributed by atoms with Gasteiger partial charge in [0, 0.05) is 35.8 Å². The number of halogens is 1. The SMILES string of the molecule is COC(=O)Cc1ccc2c(c1)NC(=O)CC/C=C/C[C@H](N1CCN(c3cccc(Cl)c3)CC1=O)c1ncc-2[nH]1. The number of rotatable bonds is 4. The van der Waals surface area contributed by atoms with Crippen LogP contribution < -0.4 is 10.2 Å². The molecule has 2 aliphatic heterocycles. The second kappa shape index (κ2) is 11.7. The third-order valence-corrected chi connectivity index (χ3v) is 7.24. The summed E-state index contributed by atoms with van der Waals surface area (Å²) in [6.07, 6.45) is 7.24. The first kappa shape index (κ1) is 26.5. The van der Waals surface area contributed by atoms with Gasteiger partial charge in [0.25, 0.3) is 0 Å². The lowest BCUT2D eigenvalue weighted by Gasteiger charge is -2.39. The number of methoxy groups -OCH3 is 1. The predicted octanol–water partition coefficient (Wildman–Crippen LogP) is 4.51. The number of carbonyl (C=O) groups excluding carboxylic acids is 3. The van der Waals surface area contributed by atoms with Crippen molar-refractivity contribution in [3.8, 4) is 11.3 Å². The molecule has 202 valence electrons. The Labute approximate surface area is 231 Å². The average Bonchev–Trinajstić information content (AvgIpc) is 3.40. The van der Waals surface area contributed by atoms with Crippen molar-refractivity contribution >= 4 is 40.8 Å². The minimum atomic E-state index is -0.358. The molecule has 9 nitrogen and oxygen atoms in total. The highest BCUT2D eigenvalue weighted by Crippen LogP contribution is 2.33. The van der Waals surface area contributed by atoms with Gasteiger partial charge in [0.05, 0.1) is 43.7 Å². The Morgan fingerprint density at radius 2 is 2.03 bits per heavy atom. The molecule has 5 rings (SSSR count). The van der Waals surface area contributed by atoms with Crippen LogP contribution >= 0.6 is 11.6 Å². The average molecular weight is 548 g/mol. The summed E-state index contributed by atoms with van der Waals surface area (Å²) >= 11 is 6.17. The number of esters is 1. The number of amides is 2. The van der Waals surface area contributed by atoms with Gasteiger partial charge in [0.1, 0.15) is 5.82 Å². The van der Waals surface area contributed by atoms with E-state index in [2.05, 4.69) is 15.3 Å². The summed E-state index contributed by atoms with van der Waals surface area (Å²) in [5.74, 6) is 0.197. The Bertz CT molecular complexity index is 1420. The van der Waals surface area contributed by atoms with E-state index in [-0.39, 0.29) is 36.8 Å². The van der Waals surface area contributed by atoms with E-state index >= 15 is 0 Å². The van der Waals surface area contributed by atoms with Crippen LogP contribution in [0.1, 0.15) is 36.7 Å². The quantitative estimate of drug-likeness (QED) is 0.367. The molecule has 1 fully saturated rings. The summed E-state index contributed by atoms with van der Waals surface area (Å²) in [5.41, 5.74) is 3.70. The monoisotopic (exact) mass is 547 g/mol. The fraction of sp³-hybridized carbons (Fsp3) is 0.310. The molecule has 0 radical (unpaired) electrons.